The van der Waals surface area contributed by atoms with E-state index < -0.39 is 19.0 Å². The van der Waals surface area contributed by atoms with Crippen molar-refractivity contribution in [2.75, 3.05) is 26.9 Å². The molecule has 2 unspecified atom stereocenters. The third kappa shape index (κ3) is 4.74. The lowest BCUT2D eigenvalue weighted by atomic mass is 9.79. The molecule has 2 aromatic rings. The summed E-state index contributed by atoms with van der Waals surface area (Å²) in [6, 6.07) is 7.79. The molecule has 4 heterocycles. The Hall–Kier alpha value is -2.24. The fourth-order valence-corrected chi connectivity index (χ4v) is 5.29. The van der Waals surface area contributed by atoms with Gasteiger partial charge in [0.15, 0.2) is 5.79 Å². The Morgan fingerprint density at radius 1 is 1.11 bits per heavy atom. The van der Waals surface area contributed by atoms with Crippen LogP contribution in [0.2, 0.25) is 0 Å². The van der Waals surface area contributed by atoms with Crippen LogP contribution in [-0.4, -0.2) is 77.9 Å². The molecular weight excluding hydrogens is 473 g/mol. The average Bonchev–Trinajstić information content (AvgIpc) is 3.61. The average molecular weight is 511 g/mol. The zero-order chi connectivity index (χ0) is 26.6. The fraction of sp³-hybridized carbons (Fsp3) is 0.630. The SMILES string of the molecule is COC(C(=O)N1CC2(CC1c1ncc(-c3ccc(B4OC(C)(C)C(C)(C)O4)cc3)[nH]1)OCCO2)C(C)C. The van der Waals surface area contributed by atoms with E-state index in [0.29, 0.717) is 32.0 Å². The highest BCUT2D eigenvalue weighted by Gasteiger charge is 2.53. The number of carbonyl (C=O) groups is 1. The minimum atomic E-state index is -0.799. The van der Waals surface area contributed by atoms with E-state index in [2.05, 4.69) is 9.97 Å². The molecule has 10 heteroatoms. The van der Waals surface area contributed by atoms with Crippen LogP contribution in [0.4, 0.5) is 0 Å². The highest BCUT2D eigenvalue weighted by Crippen LogP contribution is 2.43. The quantitative estimate of drug-likeness (QED) is 0.596. The van der Waals surface area contributed by atoms with Gasteiger partial charge in [-0.3, -0.25) is 4.79 Å². The number of methoxy groups -OCH3 is 1. The second-order valence-corrected chi connectivity index (χ2v) is 11.6. The van der Waals surface area contributed by atoms with Gasteiger partial charge >= 0.3 is 7.12 Å². The molecule has 0 bridgehead atoms. The lowest BCUT2D eigenvalue weighted by Crippen LogP contribution is -2.44. The van der Waals surface area contributed by atoms with Gasteiger partial charge in [0.25, 0.3) is 5.91 Å². The summed E-state index contributed by atoms with van der Waals surface area (Å²) in [6.07, 6.45) is 1.77. The molecule has 1 amide bonds. The molecule has 3 saturated heterocycles. The lowest BCUT2D eigenvalue weighted by molar-refractivity contribution is -0.158. The Labute approximate surface area is 219 Å². The molecule has 9 nitrogen and oxygen atoms in total. The second-order valence-electron chi connectivity index (χ2n) is 11.6. The maximum atomic E-state index is 13.5. The maximum absolute atomic E-state index is 13.5. The Bertz CT molecular complexity index is 1110. The smallest absolute Gasteiger partial charge is 0.399 e. The summed E-state index contributed by atoms with van der Waals surface area (Å²) in [4.78, 5) is 23.4. The topological polar surface area (TPSA) is 95.1 Å². The largest absolute Gasteiger partial charge is 0.494 e. The monoisotopic (exact) mass is 511 g/mol. The van der Waals surface area contributed by atoms with E-state index >= 15 is 0 Å². The number of amides is 1. The Kier molecular flexibility index (Phi) is 6.77. The van der Waals surface area contributed by atoms with E-state index in [9.17, 15) is 4.79 Å². The van der Waals surface area contributed by atoms with Crippen molar-refractivity contribution in [3.8, 4) is 11.3 Å². The molecule has 0 radical (unpaired) electrons. The number of hydrogen-bond donors (Lipinski definition) is 1. The van der Waals surface area contributed by atoms with Gasteiger partial charge in [-0.05, 0) is 44.6 Å². The number of nitrogens with one attached hydrogen (secondary N) is 1. The normalized spacial score (nSPS) is 24.9. The van der Waals surface area contributed by atoms with Crippen LogP contribution in [0.25, 0.3) is 11.3 Å². The zero-order valence-electron chi connectivity index (χ0n) is 22.9. The Morgan fingerprint density at radius 3 is 2.30 bits per heavy atom. The van der Waals surface area contributed by atoms with Crippen molar-refractivity contribution >= 4 is 18.5 Å². The number of nitrogens with zero attached hydrogens (tertiary/aromatic N) is 2. The number of rotatable bonds is 6. The van der Waals surface area contributed by atoms with Gasteiger partial charge in [0.2, 0.25) is 0 Å². The first-order valence-corrected chi connectivity index (χ1v) is 13.1. The van der Waals surface area contributed by atoms with Gasteiger partial charge < -0.3 is 33.4 Å². The summed E-state index contributed by atoms with van der Waals surface area (Å²) in [5.41, 5.74) is 2.03. The van der Waals surface area contributed by atoms with E-state index in [4.69, 9.17) is 23.5 Å². The van der Waals surface area contributed by atoms with Crippen LogP contribution in [0.3, 0.4) is 0 Å². The Balaban J connectivity index is 1.37. The molecule has 200 valence electrons. The van der Waals surface area contributed by atoms with Crippen LogP contribution in [0, 0.1) is 5.92 Å². The van der Waals surface area contributed by atoms with Crippen molar-refractivity contribution < 1.29 is 28.3 Å². The molecule has 3 aliphatic heterocycles. The van der Waals surface area contributed by atoms with Gasteiger partial charge in [0.05, 0.1) is 48.9 Å². The number of benzene rings is 1. The summed E-state index contributed by atoms with van der Waals surface area (Å²) < 4.78 is 29.8. The molecule has 37 heavy (non-hydrogen) atoms. The lowest BCUT2D eigenvalue weighted by Gasteiger charge is -2.32. The number of hydrogen-bond acceptors (Lipinski definition) is 7. The summed E-state index contributed by atoms with van der Waals surface area (Å²) in [5, 5.41) is 0. The molecule has 0 saturated carbocycles. The summed E-state index contributed by atoms with van der Waals surface area (Å²) in [5.74, 6) is -0.140. The van der Waals surface area contributed by atoms with E-state index in [-0.39, 0.29) is 29.1 Å². The van der Waals surface area contributed by atoms with Gasteiger partial charge in [-0.15, -0.1) is 0 Å². The minimum absolute atomic E-state index is 0.0368. The first kappa shape index (κ1) is 26.4. The zero-order valence-corrected chi connectivity index (χ0v) is 22.9. The summed E-state index contributed by atoms with van der Waals surface area (Å²) in [7, 11) is 1.16. The molecule has 3 fully saturated rings. The van der Waals surface area contributed by atoms with Crippen LogP contribution < -0.4 is 5.46 Å². The van der Waals surface area contributed by atoms with Gasteiger partial charge in [0, 0.05) is 13.5 Å². The number of H-pyrrole nitrogens is 1. The predicted octanol–water partition coefficient (Wildman–Crippen LogP) is 3.06. The van der Waals surface area contributed by atoms with Gasteiger partial charge in [0.1, 0.15) is 11.9 Å². The van der Waals surface area contributed by atoms with Crippen molar-refractivity contribution in [2.45, 2.75) is 77.1 Å². The van der Waals surface area contributed by atoms with Gasteiger partial charge in [-0.2, -0.15) is 0 Å². The van der Waals surface area contributed by atoms with E-state index in [1.165, 1.54) is 0 Å². The van der Waals surface area contributed by atoms with E-state index in [1.807, 2.05) is 65.8 Å². The molecule has 3 aliphatic rings. The van der Waals surface area contributed by atoms with Crippen molar-refractivity contribution in [2.24, 2.45) is 5.92 Å². The Morgan fingerprint density at radius 2 is 1.73 bits per heavy atom. The highest BCUT2D eigenvalue weighted by molar-refractivity contribution is 6.62. The van der Waals surface area contributed by atoms with Gasteiger partial charge in [-0.1, -0.05) is 38.1 Å². The molecule has 5 rings (SSSR count). The van der Waals surface area contributed by atoms with Crippen molar-refractivity contribution in [1.29, 1.82) is 0 Å². The highest BCUT2D eigenvalue weighted by atomic mass is 16.7. The van der Waals surface area contributed by atoms with Crippen molar-refractivity contribution in [3.05, 3.63) is 36.3 Å². The second kappa shape index (κ2) is 9.50. The number of imidazole rings is 1. The number of aromatic amines is 1. The third-order valence-electron chi connectivity index (χ3n) is 8.15. The van der Waals surface area contributed by atoms with E-state index in [0.717, 1.165) is 16.7 Å². The molecule has 1 spiro atoms. The maximum Gasteiger partial charge on any atom is 0.494 e. The summed E-state index contributed by atoms with van der Waals surface area (Å²) in [6.45, 7) is 13.5. The molecular formula is C27H38BN3O6. The van der Waals surface area contributed by atoms with Crippen LogP contribution >= 0.6 is 0 Å². The van der Waals surface area contributed by atoms with Crippen LogP contribution in [0.15, 0.2) is 30.5 Å². The summed E-state index contributed by atoms with van der Waals surface area (Å²) >= 11 is 0. The fourth-order valence-electron chi connectivity index (χ4n) is 5.29. The third-order valence-corrected chi connectivity index (χ3v) is 8.15. The first-order chi connectivity index (χ1) is 17.5. The van der Waals surface area contributed by atoms with Crippen molar-refractivity contribution in [1.82, 2.24) is 14.9 Å². The van der Waals surface area contributed by atoms with Crippen LogP contribution in [-0.2, 0) is 28.3 Å². The predicted molar refractivity (Wildman–Crippen MR) is 139 cm³/mol. The minimum Gasteiger partial charge on any atom is -0.399 e. The standard InChI is InChI=1S/C27H38BN3O6/c1-17(2)22(33-7)24(32)31-16-27(34-12-13-35-27)14-21(31)23-29-15-20(30-23)18-8-10-19(11-9-18)28-36-25(3,4)26(5,6)37-28/h8-11,15,17,21-22H,12-14,16H2,1-7H3,(H,29,30). The van der Waals surface area contributed by atoms with Crippen LogP contribution in [0.5, 0.6) is 0 Å². The molecule has 1 aromatic heterocycles. The molecule has 2 atom stereocenters. The van der Waals surface area contributed by atoms with E-state index in [1.54, 1.807) is 18.2 Å². The number of aromatic nitrogens is 2. The van der Waals surface area contributed by atoms with Crippen molar-refractivity contribution in [3.63, 3.8) is 0 Å². The van der Waals surface area contributed by atoms with Gasteiger partial charge in [-0.25, -0.2) is 4.98 Å². The number of carbonyl (C=O) groups excluding carboxylic acids is 1. The number of ether oxygens (including phenoxy) is 3. The number of likely N-dealkylation sites (tertiary alicyclic amines) is 1. The molecule has 1 N–H and O–H groups in total. The molecule has 0 aliphatic carbocycles. The first-order valence-electron chi connectivity index (χ1n) is 13.1. The molecule has 1 aromatic carbocycles. The van der Waals surface area contributed by atoms with Crippen LogP contribution in [0.1, 0.15) is 59.8 Å².